The van der Waals surface area contributed by atoms with E-state index in [2.05, 4.69) is 29.3 Å². The summed E-state index contributed by atoms with van der Waals surface area (Å²) in [6.45, 7) is 4.58. The minimum atomic E-state index is -3.55. The van der Waals surface area contributed by atoms with Gasteiger partial charge in [0.25, 0.3) is 5.91 Å². The molecule has 178 valence electrons. The maximum absolute atomic E-state index is 13.1. The first-order valence-electron chi connectivity index (χ1n) is 10.6. The Morgan fingerprint density at radius 2 is 1.79 bits per heavy atom. The van der Waals surface area contributed by atoms with Crippen molar-refractivity contribution in [3.8, 4) is 0 Å². The number of nitrogens with one attached hydrogen (secondary N) is 3. The number of carbonyl (C=O) groups excluding carboxylic acids is 2. The Hall–Kier alpha value is -2.46. The van der Waals surface area contributed by atoms with Gasteiger partial charge in [0.05, 0.1) is 6.04 Å². The standard InChI is InChI=1S/C23H29ClN4O4S/c1-15(2)18-7-5-6-8-19(18)23(22(30)27-24)13-25-20(23)16-9-11-17(12-10-16)21(29)26-14-33(31,32)28(3)4/h5-12,15,20,25H,13-14H2,1-4H3,(H,26,29)(H,27,30). The van der Waals surface area contributed by atoms with Crippen LogP contribution in [0.5, 0.6) is 0 Å². The van der Waals surface area contributed by atoms with Gasteiger partial charge in [0.2, 0.25) is 15.9 Å². The van der Waals surface area contributed by atoms with Crippen molar-refractivity contribution in [3.63, 3.8) is 0 Å². The molecule has 3 rings (SSSR count). The third-order valence-electron chi connectivity index (χ3n) is 6.11. The molecule has 1 heterocycles. The summed E-state index contributed by atoms with van der Waals surface area (Å²) in [5, 5.41) is 5.75. The molecule has 1 fully saturated rings. The lowest BCUT2D eigenvalue weighted by molar-refractivity contribution is -0.129. The fourth-order valence-corrected chi connectivity index (χ4v) is 4.84. The van der Waals surface area contributed by atoms with Crippen LogP contribution >= 0.6 is 11.8 Å². The smallest absolute Gasteiger partial charge is 0.252 e. The predicted octanol–water partition coefficient (Wildman–Crippen LogP) is 2.24. The van der Waals surface area contributed by atoms with Gasteiger partial charge in [0.1, 0.15) is 11.3 Å². The third-order valence-corrected chi connectivity index (χ3v) is 7.90. The van der Waals surface area contributed by atoms with Gasteiger partial charge in [0, 0.05) is 38.0 Å². The second-order valence-corrected chi connectivity index (χ2v) is 11.0. The quantitative estimate of drug-likeness (QED) is 0.490. The Balaban J connectivity index is 1.89. The molecule has 2 atom stereocenters. The molecule has 0 saturated carbocycles. The zero-order valence-electron chi connectivity index (χ0n) is 19.1. The minimum Gasteiger partial charge on any atom is -0.337 e. The summed E-state index contributed by atoms with van der Waals surface area (Å²) in [6.07, 6.45) is 0. The molecule has 0 aromatic heterocycles. The van der Waals surface area contributed by atoms with E-state index in [0.717, 1.165) is 21.0 Å². The van der Waals surface area contributed by atoms with E-state index in [9.17, 15) is 18.0 Å². The second-order valence-electron chi connectivity index (χ2n) is 8.62. The normalized spacial score (nSPS) is 20.4. The van der Waals surface area contributed by atoms with Crippen LogP contribution in [0.15, 0.2) is 48.5 Å². The van der Waals surface area contributed by atoms with Crippen LogP contribution in [-0.2, 0) is 20.2 Å². The SMILES string of the molecule is CC(C)c1ccccc1C1(C(=O)NCl)CNC1c1ccc(C(=O)NCS(=O)(=O)N(C)C)cc1. The average molecular weight is 493 g/mol. The van der Waals surface area contributed by atoms with Crippen molar-refractivity contribution >= 4 is 33.6 Å². The highest BCUT2D eigenvalue weighted by molar-refractivity contribution is 7.89. The first-order chi connectivity index (χ1) is 15.5. The van der Waals surface area contributed by atoms with Gasteiger partial charge < -0.3 is 10.6 Å². The molecule has 0 aliphatic carbocycles. The summed E-state index contributed by atoms with van der Waals surface area (Å²) in [5.41, 5.74) is 2.23. The van der Waals surface area contributed by atoms with Crippen molar-refractivity contribution in [1.82, 2.24) is 19.8 Å². The summed E-state index contributed by atoms with van der Waals surface area (Å²) >= 11 is 5.81. The number of sulfonamides is 1. The molecule has 1 aliphatic rings. The summed E-state index contributed by atoms with van der Waals surface area (Å²) in [6, 6.07) is 14.3. The van der Waals surface area contributed by atoms with Crippen LogP contribution in [0.1, 0.15) is 52.9 Å². The second kappa shape index (κ2) is 9.80. The molecule has 8 nitrogen and oxygen atoms in total. The number of nitrogens with zero attached hydrogens (tertiary/aromatic N) is 1. The number of carbonyl (C=O) groups is 2. The van der Waals surface area contributed by atoms with Crippen molar-refractivity contribution in [2.75, 3.05) is 26.5 Å². The zero-order valence-corrected chi connectivity index (χ0v) is 20.6. The van der Waals surface area contributed by atoms with Crippen LogP contribution in [0.4, 0.5) is 0 Å². The highest BCUT2D eigenvalue weighted by atomic mass is 35.5. The van der Waals surface area contributed by atoms with E-state index in [1.165, 1.54) is 14.1 Å². The largest absolute Gasteiger partial charge is 0.337 e. The van der Waals surface area contributed by atoms with E-state index >= 15 is 0 Å². The molecule has 33 heavy (non-hydrogen) atoms. The predicted molar refractivity (Wildman–Crippen MR) is 128 cm³/mol. The lowest BCUT2D eigenvalue weighted by Gasteiger charge is -2.50. The van der Waals surface area contributed by atoms with E-state index in [1.54, 1.807) is 24.3 Å². The first-order valence-corrected chi connectivity index (χ1v) is 12.6. The van der Waals surface area contributed by atoms with Gasteiger partial charge in [-0.05, 0) is 34.7 Å². The Kier molecular flexibility index (Phi) is 7.48. The Bertz CT molecular complexity index is 1140. The highest BCUT2D eigenvalue weighted by Gasteiger charge is 2.55. The fraction of sp³-hybridized carbons (Fsp3) is 0.391. The van der Waals surface area contributed by atoms with E-state index in [1.807, 2.05) is 24.3 Å². The Morgan fingerprint density at radius 1 is 1.15 bits per heavy atom. The van der Waals surface area contributed by atoms with Crippen LogP contribution in [0.25, 0.3) is 0 Å². The van der Waals surface area contributed by atoms with Crippen molar-refractivity contribution in [2.45, 2.75) is 31.2 Å². The first kappa shape index (κ1) is 25.2. The molecule has 3 N–H and O–H groups in total. The fourth-order valence-electron chi connectivity index (χ4n) is 4.10. The highest BCUT2D eigenvalue weighted by Crippen LogP contribution is 2.46. The van der Waals surface area contributed by atoms with Crippen molar-refractivity contribution < 1.29 is 18.0 Å². The number of amides is 2. The van der Waals surface area contributed by atoms with Crippen molar-refractivity contribution in [1.29, 1.82) is 0 Å². The molecular weight excluding hydrogens is 464 g/mol. The maximum atomic E-state index is 13.1. The van der Waals surface area contributed by atoms with Gasteiger partial charge in [-0.15, -0.1) is 0 Å². The van der Waals surface area contributed by atoms with Gasteiger partial charge >= 0.3 is 0 Å². The number of benzene rings is 2. The van der Waals surface area contributed by atoms with Crippen LogP contribution in [0.2, 0.25) is 0 Å². The number of halogens is 1. The molecular formula is C23H29ClN4O4S. The molecule has 2 aromatic rings. The summed E-state index contributed by atoms with van der Waals surface area (Å²) in [4.78, 5) is 27.8. The summed E-state index contributed by atoms with van der Waals surface area (Å²) in [5.74, 6) is -1.07. The van der Waals surface area contributed by atoms with Crippen LogP contribution < -0.4 is 15.5 Å². The number of hydrogen-bond donors (Lipinski definition) is 3. The molecule has 2 aromatic carbocycles. The van der Waals surface area contributed by atoms with E-state index in [0.29, 0.717) is 12.1 Å². The lowest BCUT2D eigenvalue weighted by atomic mass is 9.63. The van der Waals surface area contributed by atoms with Crippen LogP contribution in [0.3, 0.4) is 0 Å². The third kappa shape index (κ3) is 4.77. The van der Waals surface area contributed by atoms with Gasteiger partial charge in [-0.25, -0.2) is 12.7 Å². The maximum Gasteiger partial charge on any atom is 0.252 e. The van der Waals surface area contributed by atoms with Gasteiger partial charge in [-0.1, -0.05) is 50.2 Å². The molecule has 0 bridgehead atoms. The molecule has 1 saturated heterocycles. The monoisotopic (exact) mass is 492 g/mol. The van der Waals surface area contributed by atoms with Crippen molar-refractivity contribution in [2.24, 2.45) is 0 Å². The molecule has 2 amide bonds. The number of rotatable bonds is 8. The number of hydrogen-bond acceptors (Lipinski definition) is 5. The molecule has 0 spiro atoms. The van der Waals surface area contributed by atoms with Gasteiger partial charge in [0.15, 0.2) is 0 Å². The topological polar surface area (TPSA) is 108 Å². The van der Waals surface area contributed by atoms with E-state index < -0.39 is 27.2 Å². The van der Waals surface area contributed by atoms with Gasteiger partial charge in [-0.3, -0.25) is 14.4 Å². The minimum absolute atomic E-state index is 0.215. The molecule has 2 unspecified atom stereocenters. The van der Waals surface area contributed by atoms with E-state index in [-0.39, 0.29) is 17.9 Å². The summed E-state index contributed by atoms with van der Waals surface area (Å²) < 4.78 is 24.8. The van der Waals surface area contributed by atoms with Gasteiger partial charge in [-0.2, -0.15) is 0 Å². The van der Waals surface area contributed by atoms with Crippen LogP contribution in [0, 0.1) is 0 Å². The van der Waals surface area contributed by atoms with E-state index in [4.69, 9.17) is 11.8 Å². The lowest BCUT2D eigenvalue weighted by Crippen LogP contribution is -2.65. The molecule has 1 aliphatic heterocycles. The van der Waals surface area contributed by atoms with Crippen molar-refractivity contribution in [3.05, 3.63) is 70.8 Å². The zero-order chi connectivity index (χ0) is 24.4. The summed E-state index contributed by atoms with van der Waals surface area (Å²) in [7, 11) is -0.742. The van der Waals surface area contributed by atoms with Crippen LogP contribution in [-0.4, -0.2) is 51.1 Å². The average Bonchev–Trinajstić information content (AvgIpc) is 2.77. The Morgan fingerprint density at radius 3 is 2.30 bits per heavy atom. The molecule has 10 heteroatoms. The Labute approximate surface area is 199 Å². The molecule has 0 radical (unpaired) electrons.